The quantitative estimate of drug-likeness (QED) is 0.824. The minimum Gasteiger partial charge on any atom is -0.375 e. The van der Waals surface area contributed by atoms with E-state index < -0.39 is 0 Å². The molecule has 0 spiro atoms. The SMILES string of the molecule is COCC(=O)N1c2ccc(C)cc2[C@H]2CN(C)CC[C@H]21. The summed E-state index contributed by atoms with van der Waals surface area (Å²) in [6.45, 7) is 4.34. The zero-order chi connectivity index (χ0) is 14.3. The second-order valence-corrected chi connectivity index (χ2v) is 5.98. The van der Waals surface area contributed by atoms with Crippen molar-refractivity contribution in [2.45, 2.75) is 25.3 Å². The molecule has 2 aliphatic rings. The van der Waals surface area contributed by atoms with E-state index >= 15 is 0 Å². The number of anilines is 1. The van der Waals surface area contributed by atoms with Gasteiger partial charge in [0, 0.05) is 31.3 Å². The lowest BCUT2D eigenvalue weighted by molar-refractivity contribution is -0.122. The summed E-state index contributed by atoms with van der Waals surface area (Å²) >= 11 is 0. The number of hydrogen-bond donors (Lipinski definition) is 0. The lowest BCUT2D eigenvalue weighted by Gasteiger charge is -2.36. The van der Waals surface area contributed by atoms with Gasteiger partial charge in [-0.25, -0.2) is 0 Å². The van der Waals surface area contributed by atoms with Crippen LogP contribution < -0.4 is 4.90 Å². The molecular formula is C16H22N2O2. The third kappa shape index (κ3) is 2.13. The first-order valence-corrected chi connectivity index (χ1v) is 7.22. The molecule has 20 heavy (non-hydrogen) atoms. The topological polar surface area (TPSA) is 32.8 Å². The second kappa shape index (κ2) is 5.19. The van der Waals surface area contributed by atoms with Crippen LogP contribution in [0.2, 0.25) is 0 Å². The number of amides is 1. The molecule has 2 atom stereocenters. The largest absolute Gasteiger partial charge is 0.375 e. The van der Waals surface area contributed by atoms with E-state index in [1.54, 1.807) is 7.11 Å². The molecule has 1 fully saturated rings. The summed E-state index contributed by atoms with van der Waals surface area (Å²) in [5.74, 6) is 0.513. The van der Waals surface area contributed by atoms with Gasteiger partial charge < -0.3 is 14.5 Å². The van der Waals surface area contributed by atoms with Gasteiger partial charge in [-0.1, -0.05) is 17.7 Å². The summed E-state index contributed by atoms with van der Waals surface area (Å²) in [4.78, 5) is 16.8. The Morgan fingerprint density at radius 1 is 1.45 bits per heavy atom. The Balaban J connectivity index is 2.01. The molecule has 0 saturated carbocycles. The number of rotatable bonds is 2. The molecular weight excluding hydrogens is 252 g/mol. The predicted octanol–water partition coefficient (Wildman–Crippen LogP) is 1.78. The first-order valence-electron chi connectivity index (χ1n) is 7.22. The fraction of sp³-hybridized carbons (Fsp3) is 0.562. The van der Waals surface area contributed by atoms with Crippen LogP contribution >= 0.6 is 0 Å². The van der Waals surface area contributed by atoms with Crippen LogP contribution in [0.3, 0.4) is 0 Å². The van der Waals surface area contributed by atoms with Crippen LogP contribution in [0.1, 0.15) is 23.5 Å². The molecule has 1 aromatic carbocycles. The molecule has 4 heteroatoms. The first-order chi connectivity index (χ1) is 9.61. The van der Waals surface area contributed by atoms with E-state index in [4.69, 9.17) is 4.74 Å². The van der Waals surface area contributed by atoms with Gasteiger partial charge in [-0.2, -0.15) is 0 Å². The van der Waals surface area contributed by atoms with Crippen molar-refractivity contribution >= 4 is 11.6 Å². The van der Waals surface area contributed by atoms with Crippen molar-refractivity contribution in [3.63, 3.8) is 0 Å². The first kappa shape index (κ1) is 13.6. The monoisotopic (exact) mass is 274 g/mol. The van der Waals surface area contributed by atoms with Crippen LogP contribution in [-0.4, -0.2) is 50.7 Å². The number of ether oxygens (including phenoxy) is 1. The van der Waals surface area contributed by atoms with Gasteiger partial charge in [0.2, 0.25) is 0 Å². The number of nitrogens with zero attached hydrogens (tertiary/aromatic N) is 2. The maximum Gasteiger partial charge on any atom is 0.253 e. The average Bonchev–Trinajstić information content (AvgIpc) is 2.72. The molecule has 0 radical (unpaired) electrons. The maximum absolute atomic E-state index is 12.4. The van der Waals surface area contributed by atoms with E-state index in [1.807, 2.05) is 4.90 Å². The zero-order valence-electron chi connectivity index (χ0n) is 12.4. The lowest BCUT2D eigenvalue weighted by atomic mass is 9.89. The molecule has 1 aromatic rings. The number of likely N-dealkylation sites (N-methyl/N-ethyl adjacent to an activating group) is 1. The van der Waals surface area contributed by atoms with Crippen molar-refractivity contribution in [1.82, 2.24) is 4.90 Å². The number of aryl methyl sites for hydroxylation is 1. The molecule has 4 nitrogen and oxygen atoms in total. The smallest absolute Gasteiger partial charge is 0.253 e. The second-order valence-electron chi connectivity index (χ2n) is 5.98. The molecule has 0 aliphatic carbocycles. The van der Waals surface area contributed by atoms with E-state index in [2.05, 4.69) is 37.1 Å². The molecule has 0 aromatic heterocycles. The Hall–Kier alpha value is -1.39. The van der Waals surface area contributed by atoms with Crippen LogP contribution in [0.25, 0.3) is 0 Å². The van der Waals surface area contributed by atoms with Crippen molar-refractivity contribution in [3.8, 4) is 0 Å². The van der Waals surface area contributed by atoms with Crippen molar-refractivity contribution in [3.05, 3.63) is 29.3 Å². The molecule has 3 rings (SSSR count). The number of likely N-dealkylation sites (tertiary alicyclic amines) is 1. The Labute approximate surface area is 120 Å². The average molecular weight is 274 g/mol. The molecule has 1 amide bonds. The molecule has 2 heterocycles. The fourth-order valence-corrected chi connectivity index (χ4v) is 3.60. The normalized spacial score (nSPS) is 25.4. The molecule has 108 valence electrons. The fourth-order valence-electron chi connectivity index (χ4n) is 3.60. The third-order valence-electron chi connectivity index (χ3n) is 4.49. The molecule has 1 saturated heterocycles. The molecule has 0 bridgehead atoms. The predicted molar refractivity (Wildman–Crippen MR) is 79.2 cm³/mol. The number of hydrogen-bond acceptors (Lipinski definition) is 3. The van der Waals surface area contributed by atoms with Gasteiger partial charge in [0.05, 0.1) is 0 Å². The highest BCUT2D eigenvalue weighted by Gasteiger charge is 2.43. The van der Waals surface area contributed by atoms with Gasteiger partial charge in [-0.3, -0.25) is 4.79 Å². The maximum atomic E-state index is 12.4. The van der Waals surface area contributed by atoms with E-state index in [0.717, 1.165) is 25.2 Å². The number of carbonyl (C=O) groups is 1. The standard InChI is InChI=1S/C16H22N2O2/c1-11-4-5-14-12(8-11)13-9-17(2)7-6-15(13)18(14)16(19)10-20-3/h4-5,8,13,15H,6-7,9-10H2,1-3H3/t13-,15-/m1/s1. The van der Waals surface area contributed by atoms with E-state index in [-0.39, 0.29) is 12.5 Å². The van der Waals surface area contributed by atoms with E-state index in [1.165, 1.54) is 11.1 Å². The van der Waals surface area contributed by atoms with E-state index in [9.17, 15) is 4.79 Å². The summed E-state index contributed by atoms with van der Waals surface area (Å²) in [6.07, 6.45) is 1.03. The minimum atomic E-state index is 0.0784. The number of benzene rings is 1. The third-order valence-corrected chi connectivity index (χ3v) is 4.49. The Bertz CT molecular complexity index is 529. The number of fused-ring (bicyclic) bond motifs is 3. The summed E-state index contributed by atoms with van der Waals surface area (Å²) in [7, 11) is 3.74. The van der Waals surface area contributed by atoms with Gasteiger partial charge in [-0.05, 0) is 38.6 Å². The number of piperidine rings is 1. The van der Waals surface area contributed by atoms with Gasteiger partial charge >= 0.3 is 0 Å². The van der Waals surface area contributed by atoms with Crippen LogP contribution in [0.5, 0.6) is 0 Å². The van der Waals surface area contributed by atoms with Crippen molar-refractivity contribution in [2.24, 2.45) is 0 Å². The Morgan fingerprint density at radius 2 is 2.25 bits per heavy atom. The molecule has 0 N–H and O–H groups in total. The summed E-state index contributed by atoms with van der Waals surface area (Å²) < 4.78 is 5.05. The highest BCUT2D eigenvalue weighted by Crippen LogP contribution is 2.44. The highest BCUT2D eigenvalue weighted by molar-refractivity contribution is 5.97. The summed E-state index contributed by atoms with van der Waals surface area (Å²) in [5.41, 5.74) is 3.67. The van der Waals surface area contributed by atoms with Crippen LogP contribution in [0.15, 0.2) is 18.2 Å². The van der Waals surface area contributed by atoms with Crippen molar-refractivity contribution in [1.29, 1.82) is 0 Å². The van der Waals surface area contributed by atoms with Crippen molar-refractivity contribution in [2.75, 3.05) is 38.8 Å². The van der Waals surface area contributed by atoms with Crippen LogP contribution in [0.4, 0.5) is 5.69 Å². The zero-order valence-corrected chi connectivity index (χ0v) is 12.4. The number of methoxy groups -OCH3 is 1. The minimum absolute atomic E-state index is 0.0784. The van der Waals surface area contributed by atoms with Gasteiger partial charge in [0.25, 0.3) is 5.91 Å². The van der Waals surface area contributed by atoms with Crippen molar-refractivity contribution < 1.29 is 9.53 Å². The highest BCUT2D eigenvalue weighted by atomic mass is 16.5. The van der Waals surface area contributed by atoms with E-state index in [0.29, 0.717) is 12.0 Å². The Morgan fingerprint density at radius 3 is 3.00 bits per heavy atom. The summed E-state index contributed by atoms with van der Waals surface area (Å²) in [6, 6.07) is 6.72. The van der Waals surface area contributed by atoms with Gasteiger partial charge in [0.15, 0.2) is 0 Å². The molecule has 0 unspecified atom stereocenters. The lowest BCUT2D eigenvalue weighted by Crippen LogP contribution is -2.48. The van der Waals surface area contributed by atoms with Crippen LogP contribution in [-0.2, 0) is 9.53 Å². The van der Waals surface area contributed by atoms with Gasteiger partial charge in [-0.15, -0.1) is 0 Å². The van der Waals surface area contributed by atoms with Gasteiger partial charge in [0.1, 0.15) is 6.61 Å². The molecule has 2 aliphatic heterocycles. The summed E-state index contributed by atoms with van der Waals surface area (Å²) in [5, 5.41) is 0. The number of carbonyl (C=O) groups excluding carboxylic acids is 1. The van der Waals surface area contributed by atoms with Crippen LogP contribution in [0, 0.1) is 6.92 Å². The Kier molecular flexibility index (Phi) is 3.52.